The van der Waals surface area contributed by atoms with E-state index in [1.807, 2.05) is 0 Å². The van der Waals surface area contributed by atoms with E-state index in [0.717, 1.165) is 19.3 Å². The zero-order valence-corrected chi connectivity index (χ0v) is 8.75. The van der Waals surface area contributed by atoms with Gasteiger partial charge in [0, 0.05) is 12.1 Å². The van der Waals surface area contributed by atoms with Crippen LogP contribution in [0.3, 0.4) is 0 Å². The van der Waals surface area contributed by atoms with E-state index in [-0.39, 0.29) is 11.9 Å². The third-order valence-electron chi connectivity index (χ3n) is 3.31. The first kappa shape index (κ1) is 9.93. The van der Waals surface area contributed by atoms with Crippen LogP contribution in [0.2, 0.25) is 0 Å². The number of hydrogen-bond donors (Lipinski definition) is 2. The topological polar surface area (TPSA) is 50.4 Å². The van der Waals surface area contributed by atoms with Crippen molar-refractivity contribution in [3.8, 4) is 0 Å². The van der Waals surface area contributed by atoms with E-state index < -0.39 is 0 Å². The number of carbonyl (C=O) groups is 1. The Morgan fingerprint density at radius 3 is 2.71 bits per heavy atom. The minimum absolute atomic E-state index is 0.0511. The predicted octanol–water partition coefficient (Wildman–Crippen LogP) is 0.235. The van der Waals surface area contributed by atoms with Gasteiger partial charge >= 0.3 is 5.97 Å². The molecule has 80 valence electrons. The highest BCUT2D eigenvalue weighted by atomic mass is 16.5. The summed E-state index contributed by atoms with van der Waals surface area (Å²) in [5.74, 6) is 0.0469. The second-order valence-corrected chi connectivity index (χ2v) is 4.30. The summed E-state index contributed by atoms with van der Waals surface area (Å²) in [5.41, 5.74) is 0. The molecule has 0 radical (unpaired) electrons. The van der Waals surface area contributed by atoms with E-state index in [0.29, 0.717) is 18.2 Å². The molecular formula is C10H18N2O2. The largest absolute Gasteiger partial charge is 0.469 e. The van der Waals surface area contributed by atoms with Gasteiger partial charge in [-0.2, -0.15) is 0 Å². The smallest absolute Gasteiger partial charge is 0.308 e. The van der Waals surface area contributed by atoms with Gasteiger partial charge in [0.1, 0.15) is 0 Å². The number of nitrogens with one attached hydrogen (secondary N) is 2. The molecule has 0 aromatic carbocycles. The molecule has 14 heavy (non-hydrogen) atoms. The van der Waals surface area contributed by atoms with Crippen LogP contribution < -0.4 is 10.6 Å². The number of methoxy groups -OCH3 is 1. The van der Waals surface area contributed by atoms with Gasteiger partial charge in [-0.15, -0.1) is 0 Å². The fraction of sp³-hybridized carbons (Fsp3) is 0.900. The molecule has 2 aliphatic rings. The van der Waals surface area contributed by atoms with Crippen LogP contribution in [0.1, 0.15) is 26.2 Å². The zero-order valence-electron chi connectivity index (χ0n) is 8.75. The molecule has 0 aromatic rings. The molecule has 4 atom stereocenters. The van der Waals surface area contributed by atoms with Gasteiger partial charge < -0.3 is 4.74 Å². The average Bonchev–Trinajstić information content (AvgIpc) is 2.55. The standard InChI is InChI=1S/C10H18N2O2/c1-6-11-8-4-3-7(10(13)14-2)5-9(8)12-6/h6-9,11-12H,3-5H2,1-2H3. The second-order valence-electron chi connectivity index (χ2n) is 4.30. The summed E-state index contributed by atoms with van der Waals surface area (Å²) in [4.78, 5) is 11.4. The van der Waals surface area contributed by atoms with E-state index in [1.165, 1.54) is 7.11 Å². The maximum atomic E-state index is 11.4. The van der Waals surface area contributed by atoms with Crippen molar-refractivity contribution in [2.75, 3.05) is 7.11 Å². The number of esters is 1. The molecular weight excluding hydrogens is 180 g/mol. The maximum Gasteiger partial charge on any atom is 0.308 e. The first-order valence-corrected chi connectivity index (χ1v) is 5.30. The number of ether oxygens (including phenoxy) is 1. The molecule has 1 saturated heterocycles. The van der Waals surface area contributed by atoms with Gasteiger partial charge in [0.25, 0.3) is 0 Å². The van der Waals surface area contributed by atoms with Crippen molar-refractivity contribution in [3.05, 3.63) is 0 Å². The molecule has 0 spiro atoms. The lowest BCUT2D eigenvalue weighted by Gasteiger charge is -2.29. The van der Waals surface area contributed by atoms with Gasteiger partial charge in [-0.3, -0.25) is 15.4 Å². The summed E-state index contributed by atoms with van der Waals surface area (Å²) in [6.07, 6.45) is 3.31. The summed E-state index contributed by atoms with van der Waals surface area (Å²) in [5, 5.41) is 6.92. The van der Waals surface area contributed by atoms with Crippen LogP contribution in [0.5, 0.6) is 0 Å². The van der Waals surface area contributed by atoms with Gasteiger partial charge in [-0.1, -0.05) is 0 Å². The van der Waals surface area contributed by atoms with Crippen LogP contribution in [-0.2, 0) is 9.53 Å². The van der Waals surface area contributed by atoms with Gasteiger partial charge in [-0.25, -0.2) is 0 Å². The Morgan fingerprint density at radius 2 is 2.00 bits per heavy atom. The minimum atomic E-state index is -0.0511. The fourth-order valence-electron chi connectivity index (χ4n) is 2.63. The van der Waals surface area contributed by atoms with Crippen molar-refractivity contribution in [3.63, 3.8) is 0 Å². The summed E-state index contributed by atoms with van der Waals surface area (Å²) in [6, 6.07) is 0.994. The highest BCUT2D eigenvalue weighted by Gasteiger charge is 2.38. The van der Waals surface area contributed by atoms with Crippen LogP contribution in [0.15, 0.2) is 0 Å². The van der Waals surface area contributed by atoms with Crippen LogP contribution in [0, 0.1) is 5.92 Å². The summed E-state index contributed by atoms with van der Waals surface area (Å²) >= 11 is 0. The SMILES string of the molecule is COC(=O)C1CCC2NC(C)NC2C1. The molecule has 1 aliphatic carbocycles. The molecule has 4 heteroatoms. The van der Waals surface area contributed by atoms with Crippen molar-refractivity contribution in [1.82, 2.24) is 10.6 Å². The van der Waals surface area contributed by atoms with Crippen LogP contribution in [0.25, 0.3) is 0 Å². The van der Waals surface area contributed by atoms with Crippen LogP contribution in [-0.4, -0.2) is 31.3 Å². The maximum absolute atomic E-state index is 11.4. The molecule has 2 fully saturated rings. The van der Waals surface area contributed by atoms with E-state index in [4.69, 9.17) is 4.74 Å². The monoisotopic (exact) mass is 198 g/mol. The Bertz CT molecular complexity index is 232. The van der Waals surface area contributed by atoms with E-state index in [1.54, 1.807) is 0 Å². The third-order valence-corrected chi connectivity index (χ3v) is 3.31. The van der Waals surface area contributed by atoms with Crippen molar-refractivity contribution in [1.29, 1.82) is 0 Å². The molecule has 4 unspecified atom stereocenters. The van der Waals surface area contributed by atoms with Crippen molar-refractivity contribution < 1.29 is 9.53 Å². The first-order valence-electron chi connectivity index (χ1n) is 5.30. The Kier molecular flexibility index (Phi) is 2.74. The Hall–Kier alpha value is -0.610. The van der Waals surface area contributed by atoms with Crippen LogP contribution >= 0.6 is 0 Å². The van der Waals surface area contributed by atoms with Crippen LogP contribution in [0.4, 0.5) is 0 Å². The highest BCUT2D eigenvalue weighted by molar-refractivity contribution is 5.72. The molecule has 1 saturated carbocycles. The number of fused-ring (bicyclic) bond motifs is 1. The normalized spacial score (nSPS) is 41.9. The lowest BCUT2D eigenvalue weighted by molar-refractivity contribution is -0.146. The lowest BCUT2D eigenvalue weighted by atomic mass is 9.83. The van der Waals surface area contributed by atoms with Gasteiger partial charge in [-0.05, 0) is 26.2 Å². The van der Waals surface area contributed by atoms with Gasteiger partial charge in [0.05, 0.1) is 19.2 Å². The molecule has 1 aliphatic heterocycles. The summed E-state index contributed by atoms with van der Waals surface area (Å²) < 4.78 is 4.78. The van der Waals surface area contributed by atoms with Crippen molar-refractivity contribution >= 4 is 5.97 Å². The third kappa shape index (κ3) is 1.77. The Balaban J connectivity index is 1.94. The van der Waals surface area contributed by atoms with Gasteiger partial charge in [0.15, 0.2) is 0 Å². The Labute approximate surface area is 84.4 Å². The zero-order chi connectivity index (χ0) is 10.1. The van der Waals surface area contributed by atoms with Gasteiger partial charge in [0.2, 0.25) is 0 Å². The molecule has 1 heterocycles. The summed E-state index contributed by atoms with van der Waals surface area (Å²) in [7, 11) is 1.47. The van der Waals surface area contributed by atoms with Crippen molar-refractivity contribution in [2.24, 2.45) is 5.92 Å². The lowest BCUT2D eigenvalue weighted by Crippen LogP contribution is -2.41. The molecule has 0 amide bonds. The quantitative estimate of drug-likeness (QED) is 0.592. The molecule has 0 bridgehead atoms. The van der Waals surface area contributed by atoms with E-state index >= 15 is 0 Å². The fourth-order valence-corrected chi connectivity index (χ4v) is 2.63. The number of hydrogen-bond acceptors (Lipinski definition) is 4. The molecule has 0 aromatic heterocycles. The molecule has 2 N–H and O–H groups in total. The highest BCUT2D eigenvalue weighted by Crippen LogP contribution is 2.28. The number of rotatable bonds is 1. The van der Waals surface area contributed by atoms with E-state index in [9.17, 15) is 4.79 Å². The summed E-state index contributed by atoms with van der Waals surface area (Å²) in [6.45, 7) is 2.12. The van der Waals surface area contributed by atoms with E-state index in [2.05, 4.69) is 17.6 Å². The number of carbonyl (C=O) groups excluding carboxylic acids is 1. The first-order chi connectivity index (χ1) is 6.70. The average molecular weight is 198 g/mol. The van der Waals surface area contributed by atoms with Crippen molar-refractivity contribution in [2.45, 2.75) is 44.4 Å². The second kappa shape index (κ2) is 3.87. The minimum Gasteiger partial charge on any atom is -0.469 e. The predicted molar refractivity (Wildman–Crippen MR) is 52.7 cm³/mol. The molecule has 4 nitrogen and oxygen atoms in total. The molecule has 2 rings (SSSR count). The Morgan fingerprint density at radius 1 is 1.29 bits per heavy atom.